The van der Waals surface area contributed by atoms with Crippen LogP contribution in [0.4, 0.5) is 5.82 Å². The maximum atomic E-state index is 12.3. The van der Waals surface area contributed by atoms with Gasteiger partial charge in [-0.25, -0.2) is 14.8 Å². The lowest BCUT2D eigenvalue weighted by atomic mass is 10.1. The average Bonchev–Trinajstić information content (AvgIpc) is 2.88. The Labute approximate surface area is 192 Å². The summed E-state index contributed by atoms with van der Waals surface area (Å²) in [6.45, 7) is 0.507. The molecule has 33 heavy (non-hydrogen) atoms. The van der Waals surface area contributed by atoms with Crippen molar-refractivity contribution < 1.29 is 14.3 Å². The van der Waals surface area contributed by atoms with Crippen LogP contribution in [0.15, 0.2) is 91.4 Å². The second-order valence-corrected chi connectivity index (χ2v) is 7.33. The van der Waals surface area contributed by atoms with Crippen molar-refractivity contribution in [1.82, 2.24) is 15.0 Å². The van der Waals surface area contributed by atoms with Gasteiger partial charge in [-0.3, -0.25) is 4.98 Å². The van der Waals surface area contributed by atoms with Crippen molar-refractivity contribution in [1.29, 1.82) is 0 Å². The van der Waals surface area contributed by atoms with Crippen molar-refractivity contribution in [3.8, 4) is 17.0 Å². The predicted molar refractivity (Wildman–Crippen MR) is 126 cm³/mol. The molecule has 0 fully saturated rings. The molecular weight excluding hydrogens is 416 g/mol. The van der Waals surface area contributed by atoms with Crippen LogP contribution in [0.2, 0.25) is 0 Å². The van der Waals surface area contributed by atoms with Gasteiger partial charge >= 0.3 is 5.97 Å². The van der Waals surface area contributed by atoms with Gasteiger partial charge in [0.05, 0.1) is 12.8 Å². The van der Waals surface area contributed by atoms with Crippen LogP contribution in [0, 0.1) is 0 Å². The summed E-state index contributed by atoms with van der Waals surface area (Å²) in [4.78, 5) is 25.2. The lowest BCUT2D eigenvalue weighted by molar-refractivity contribution is -0.141. The van der Waals surface area contributed by atoms with Crippen molar-refractivity contribution in [2.45, 2.75) is 19.1 Å². The summed E-state index contributed by atoms with van der Waals surface area (Å²) >= 11 is 0. The van der Waals surface area contributed by atoms with E-state index >= 15 is 0 Å². The minimum Gasteiger partial charge on any atom is -0.489 e. The number of nitrogens with zero attached hydrogens (tertiary/aromatic N) is 3. The Morgan fingerprint density at radius 2 is 1.73 bits per heavy atom. The Bertz CT molecular complexity index is 1170. The molecule has 0 bridgehead atoms. The average molecular weight is 441 g/mol. The summed E-state index contributed by atoms with van der Waals surface area (Å²) < 4.78 is 10.8. The van der Waals surface area contributed by atoms with Crippen LogP contribution < -0.4 is 10.1 Å². The number of hydrogen-bond donors (Lipinski definition) is 1. The van der Waals surface area contributed by atoms with Crippen LogP contribution in [-0.2, 0) is 22.6 Å². The Morgan fingerprint density at radius 3 is 2.45 bits per heavy atom. The number of hydrogen-bond acceptors (Lipinski definition) is 7. The molecular formula is C26H24N4O3. The minimum atomic E-state index is -0.624. The highest BCUT2D eigenvalue weighted by molar-refractivity contribution is 5.79. The zero-order valence-electron chi connectivity index (χ0n) is 18.2. The maximum absolute atomic E-state index is 12.3. The number of rotatable bonds is 9. The summed E-state index contributed by atoms with van der Waals surface area (Å²) in [6.07, 6.45) is 3.53. The minimum absolute atomic E-state index is 0.375. The fraction of sp³-hybridized carbons (Fsp3) is 0.154. The lowest BCUT2D eigenvalue weighted by Gasteiger charge is -2.17. The largest absolute Gasteiger partial charge is 0.489 e. The number of nitrogens with one attached hydrogen (secondary N) is 1. The number of pyridine rings is 1. The SMILES string of the molecule is COC(=O)[C@@H](Cc1ccccn1)Nc1cc(-c2ccc(OCc3ccccc3)cc2)ncn1. The highest BCUT2D eigenvalue weighted by Gasteiger charge is 2.21. The van der Waals surface area contributed by atoms with Gasteiger partial charge < -0.3 is 14.8 Å². The fourth-order valence-electron chi connectivity index (χ4n) is 3.30. The van der Waals surface area contributed by atoms with Gasteiger partial charge in [-0.2, -0.15) is 0 Å². The number of carbonyl (C=O) groups excluding carboxylic acids is 1. The van der Waals surface area contributed by atoms with E-state index in [2.05, 4.69) is 20.3 Å². The summed E-state index contributed by atoms with van der Waals surface area (Å²) in [5.41, 5.74) is 3.52. The zero-order chi connectivity index (χ0) is 22.9. The van der Waals surface area contributed by atoms with Crippen LogP contribution in [0.1, 0.15) is 11.3 Å². The first kappa shape index (κ1) is 22.0. The van der Waals surface area contributed by atoms with Gasteiger partial charge in [0.25, 0.3) is 0 Å². The number of esters is 1. The van der Waals surface area contributed by atoms with Gasteiger partial charge in [0.2, 0.25) is 0 Å². The quantitative estimate of drug-likeness (QED) is 0.388. The molecule has 0 saturated carbocycles. The monoisotopic (exact) mass is 440 g/mol. The van der Waals surface area contributed by atoms with Gasteiger partial charge in [0.15, 0.2) is 0 Å². The van der Waals surface area contributed by atoms with Crippen molar-refractivity contribution in [2.75, 3.05) is 12.4 Å². The van der Waals surface area contributed by atoms with E-state index in [-0.39, 0.29) is 5.97 Å². The number of anilines is 1. The van der Waals surface area contributed by atoms with E-state index in [0.717, 1.165) is 28.3 Å². The topological polar surface area (TPSA) is 86.2 Å². The van der Waals surface area contributed by atoms with Crippen LogP contribution in [0.5, 0.6) is 5.75 Å². The molecule has 2 aromatic heterocycles. The van der Waals surface area contributed by atoms with Gasteiger partial charge in [0.1, 0.15) is 30.5 Å². The van der Waals surface area contributed by atoms with Crippen molar-refractivity contribution in [2.24, 2.45) is 0 Å². The Balaban J connectivity index is 1.44. The normalized spacial score (nSPS) is 11.4. The zero-order valence-corrected chi connectivity index (χ0v) is 18.2. The smallest absolute Gasteiger partial charge is 0.328 e. The maximum Gasteiger partial charge on any atom is 0.328 e. The number of carbonyl (C=O) groups is 1. The molecule has 0 spiro atoms. The molecule has 0 saturated heterocycles. The molecule has 4 aromatic rings. The lowest BCUT2D eigenvalue weighted by Crippen LogP contribution is -2.33. The molecule has 0 aliphatic rings. The molecule has 2 aromatic carbocycles. The summed E-state index contributed by atoms with van der Waals surface area (Å²) in [6, 6.07) is 24.5. The molecule has 0 aliphatic carbocycles. The molecule has 166 valence electrons. The number of aromatic nitrogens is 3. The standard InChI is InChI=1S/C26H24N4O3/c1-32-26(31)24(15-21-9-5-6-14-27-21)30-25-16-23(28-18-29-25)20-10-12-22(13-11-20)33-17-19-7-3-2-4-8-19/h2-14,16,18,24H,15,17H2,1H3,(H,28,29,30)/t24-/m1/s1. The second kappa shape index (κ2) is 10.9. The van der Waals surface area contributed by atoms with Gasteiger partial charge in [-0.15, -0.1) is 0 Å². The molecule has 7 heteroatoms. The van der Waals surface area contributed by atoms with Crippen molar-refractivity contribution in [3.05, 3.63) is 103 Å². The van der Waals surface area contributed by atoms with Crippen LogP contribution in [-0.4, -0.2) is 34.1 Å². The third-order valence-corrected chi connectivity index (χ3v) is 5.01. The van der Waals surface area contributed by atoms with Crippen LogP contribution in [0.3, 0.4) is 0 Å². The van der Waals surface area contributed by atoms with Crippen molar-refractivity contribution >= 4 is 11.8 Å². The van der Waals surface area contributed by atoms with Gasteiger partial charge in [0, 0.05) is 29.9 Å². The van der Waals surface area contributed by atoms with E-state index in [0.29, 0.717) is 18.8 Å². The number of methoxy groups -OCH3 is 1. The Kier molecular flexibility index (Phi) is 7.22. The first-order chi connectivity index (χ1) is 16.2. The molecule has 0 amide bonds. The van der Waals surface area contributed by atoms with E-state index < -0.39 is 6.04 Å². The molecule has 4 rings (SSSR count). The highest BCUT2D eigenvalue weighted by Crippen LogP contribution is 2.23. The molecule has 7 nitrogen and oxygen atoms in total. The molecule has 0 unspecified atom stereocenters. The third-order valence-electron chi connectivity index (χ3n) is 5.01. The number of ether oxygens (including phenoxy) is 2. The van der Waals surface area contributed by atoms with Crippen molar-refractivity contribution in [3.63, 3.8) is 0 Å². The van der Waals surface area contributed by atoms with E-state index in [1.807, 2.05) is 72.8 Å². The molecule has 0 radical (unpaired) electrons. The first-order valence-corrected chi connectivity index (χ1v) is 10.5. The molecule has 1 atom stereocenters. The number of benzene rings is 2. The fourth-order valence-corrected chi connectivity index (χ4v) is 3.30. The second-order valence-electron chi connectivity index (χ2n) is 7.33. The summed E-state index contributed by atoms with van der Waals surface area (Å²) in [5, 5.41) is 3.15. The molecule has 0 aliphatic heterocycles. The van der Waals surface area contributed by atoms with E-state index in [1.165, 1.54) is 13.4 Å². The van der Waals surface area contributed by atoms with Gasteiger partial charge in [-0.05, 0) is 42.0 Å². The summed E-state index contributed by atoms with van der Waals surface area (Å²) in [5.74, 6) is 0.910. The van der Waals surface area contributed by atoms with E-state index in [9.17, 15) is 4.79 Å². The first-order valence-electron chi connectivity index (χ1n) is 10.5. The Hall–Kier alpha value is -4.26. The van der Waals surface area contributed by atoms with E-state index in [4.69, 9.17) is 9.47 Å². The third kappa shape index (κ3) is 6.13. The van der Waals surface area contributed by atoms with Gasteiger partial charge in [-0.1, -0.05) is 36.4 Å². The molecule has 1 N–H and O–H groups in total. The predicted octanol–water partition coefficient (Wildman–Crippen LogP) is 4.31. The van der Waals surface area contributed by atoms with Crippen LogP contribution in [0.25, 0.3) is 11.3 Å². The molecule has 2 heterocycles. The van der Waals surface area contributed by atoms with E-state index in [1.54, 1.807) is 12.3 Å². The summed E-state index contributed by atoms with van der Waals surface area (Å²) in [7, 11) is 1.36. The highest BCUT2D eigenvalue weighted by atomic mass is 16.5. The Morgan fingerprint density at radius 1 is 0.939 bits per heavy atom. The van der Waals surface area contributed by atoms with Crippen LogP contribution >= 0.6 is 0 Å².